The lowest BCUT2D eigenvalue weighted by Gasteiger charge is -2.48. The van der Waals surface area contributed by atoms with E-state index in [1.807, 2.05) is 0 Å². The number of anilines is 9. The van der Waals surface area contributed by atoms with E-state index in [0.29, 0.717) is 0 Å². The van der Waals surface area contributed by atoms with Gasteiger partial charge in [0.1, 0.15) is 11.5 Å². The van der Waals surface area contributed by atoms with E-state index in [-0.39, 0.29) is 12.1 Å². The molecule has 4 aliphatic rings. The first-order valence-electron chi connectivity index (χ1n) is 41.8. The van der Waals surface area contributed by atoms with Gasteiger partial charge in [0, 0.05) is 94.9 Å². The van der Waals surface area contributed by atoms with Crippen LogP contribution in [0.1, 0.15) is 26.3 Å². The molecule has 0 saturated carbocycles. The van der Waals surface area contributed by atoms with Gasteiger partial charge in [0.05, 0.1) is 39.1 Å². The second kappa shape index (κ2) is 27.3. The summed E-state index contributed by atoms with van der Waals surface area (Å²) in [5.74, 6) is 1.66. The summed E-state index contributed by atoms with van der Waals surface area (Å²) in [5.41, 5.74) is 37.2. The molecule has 8 heteroatoms. The van der Waals surface area contributed by atoms with Crippen LogP contribution in [0.5, 0.6) is 11.5 Å². The van der Waals surface area contributed by atoms with E-state index in [0.717, 1.165) is 185 Å². The molecule has 24 rings (SSSR count). The maximum absolute atomic E-state index is 8.57. The van der Waals surface area contributed by atoms with Crippen molar-refractivity contribution in [2.75, 3.05) is 14.7 Å². The minimum atomic E-state index is -0.453. The maximum Gasteiger partial charge on any atom is 0.256 e. The maximum atomic E-state index is 8.57. The topological polar surface area (TPSA) is 28.8 Å². The van der Waals surface area contributed by atoms with Gasteiger partial charge in [-0.15, -0.1) is 0 Å². The van der Waals surface area contributed by atoms with Crippen molar-refractivity contribution in [1.29, 1.82) is 0 Å². The Bertz CT molecular complexity index is 7340. The molecular weight excluding hydrogens is 1450 g/mol. The zero-order valence-corrected chi connectivity index (χ0v) is 66.6. The number of nitrogens with zero attached hydrogens (tertiary/aromatic N) is 5. The average Bonchev–Trinajstić information content (AvgIpc) is 0.991. The van der Waals surface area contributed by atoms with Crippen LogP contribution in [0, 0.1) is 0 Å². The van der Waals surface area contributed by atoms with Gasteiger partial charge in [-0.1, -0.05) is 354 Å². The number of fused-ring (bicyclic) bond motifs is 15. The molecule has 562 valence electrons. The van der Waals surface area contributed by atoms with Gasteiger partial charge in [-0.05, 0) is 162 Å². The van der Waals surface area contributed by atoms with Gasteiger partial charge in [-0.3, -0.25) is 0 Å². The number of ether oxygens (including phenoxy) is 1. The Morgan fingerprint density at radius 1 is 0.233 bits per heavy atom. The fraction of sp³-hybridized carbons (Fsp3) is 0.0357. The van der Waals surface area contributed by atoms with E-state index in [1.165, 1.54) is 38.0 Å². The Kier molecular flexibility index (Phi) is 15.7. The summed E-state index contributed by atoms with van der Waals surface area (Å²) in [7, 11) is 0. The van der Waals surface area contributed by atoms with Crippen LogP contribution in [-0.4, -0.2) is 22.6 Å². The summed E-state index contributed by atoms with van der Waals surface area (Å²) >= 11 is 0. The van der Waals surface area contributed by atoms with Crippen molar-refractivity contribution in [3.8, 4) is 89.6 Å². The molecule has 0 bridgehead atoms. The molecule has 2 aromatic heterocycles. The number of hydrogen-bond donors (Lipinski definition) is 0. The van der Waals surface area contributed by atoms with Gasteiger partial charge in [0.25, 0.3) is 13.4 Å². The summed E-state index contributed by atoms with van der Waals surface area (Å²) in [5, 5.41) is 4.83. The number of rotatable bonds is 11. The summed E-state index contributed by atoms with van der Waals surface area (Å²) < 4.78 is 13.6. The van der Waals surface area contributed by atoms with Gasteiger partial charge in [0.2, 0.25) is 0 Å². The third-order valence-corrected chi connectivity index (χ3v) is 25.7. The molecule has 120 heavy (non-hydrogen) atoms. The van der Waals surface area contributed by atoms with E-state index < -0.39 is 6.71 Å². The Labute approximate surface area is 698 Å². The molecule has 0 spiro atoms. The molecule has 6 nitrogen and oxygen atoms in total. The SMILES string of the molecule is CC(C)(C)c1cc2c3c(c1)N(c1c(-c4ccccc4)cccc1-c1ccccc1)c1cc(-n4c5ccccc5c5ccccc54)ccc1B3c1c(cc3c4c1Oc1cc(-c5ccccc5)ccc1B4c1ccc(-n4c5ccccc5c5ccccc54)cc1N3c1c(-c3ccccc3)cccc1-c1ccccc1)N2c1ccccc1-c1ccccc1. The highest BCUT2D eigenvalue weighted by atomic mass is 16.5. The van der Waals surface area contributed by atoms with Crippen LogP contribution in [0.2, 0.25) is 0 Å². The fourth-order valence-corrected chi connectivity index (χ4v) is 20.4. The van der Waals surface area contributed by atoms with Gasteiger partial charge >= 0.3 is 0 Å². The molecule has 0 amide bonds. The lowest BCUT2D eigenvalue weighted by Crippen LogP contribution is -2.65. The van der Waals surface area contributed by atoms with Crippen LogP contribution in [0.25, 0.3) is 122 Å². The second-order valence-electron chi connectivity index (χ2n) is 33.3. The highest BCUT2D eigenvalue weighted by molar-refractivity contribution is 7.03. The van der Waals surface area contributed by atoms with E-state index in [4.69, 9.17) is 4.74 Å². The molecule has 0 fully saturated rings. The quantitative estimate of drug-likeness (QED) is 0.121. The van der Waals surface area contributed by atoms with Crippen LogP contribution in [0.15, 0.2) is 413 Å². The minimum Gasteiger partial charge on any atom is -0.459 e. The van der Waals surface area contributed by atoms with Crippen molar-refractivity contribution < 1.29 is 4.74 Å². The lowest BCUT2D eigenvalue weighted by molar-refractivity contribution is 0.491. The van der Waals surface area contributed by atoms with Crippen LogP contribution in [0.3, 0.4) is 0 Å². The first kappa shape index (κ1) is 69.2. The van der Waals surface area contributed by atoms with Crippen molar-refractivity contribution in [3.05, 3.63) is 418 Å². The smallest absolute Gasteiger partial charge is 0.256 e. The molecule has 0 aliphatic carbocycles. The van der Waals surface area contributed by atoms with Gasteiger partial charge in [-0.2, -0.15) is 0 Å². The minimum absolute atomic E-state index is 0.353. The number of aromatic nitrogens is 2. The molecule has 0 N–H and O–H groups in total. The van der Waals surface area contributed by atoms with Crippen molar-refractivity contribution in [2.45, 2.75) is 26.2 Å². The molecule has 20 aromatic rings. The highest BCUT2D eigenvalue weighted by Gasteiger charge is 2.52. The molecule has 4 aliphatic heterocycles. The Hall–Kier alpha value is -15.1. The molecule has 6 heterocycles. The number of benzene rings is 18. The van der Waals surface area contributed by atoms with Gasteiger partial charge < -0.3 is 28.6 Å². The van der Waals surface area contributed by atoms with E-state index in [9.17, 15) is 0 Å². The summed E-state index contributed by atoms with van der Waals surface area (Å²) in [6.07, 6.45) is 0. The van der Waals surface area contributed by atoms with Crippen molar-refractivity contribution >= 4 is 141 Å². The van der Waals surface area contributed by atoms with Crippen LogP contribution < -0.4 is 52.2 Å². The van der Waals surface area contributed by atoms with Gasteiger partial charge in [0.15, 0.2) is 0 Å². The van der Waals surface area contributed by atoms with E-state index in [1.54, 1.807) is 0 Å². The monoisotopic (exact) mass is 1530 g/mol. The second-order valence-corrected chi connectivity index (χ2v) is 33.3. The summed E-state index contributed by atoms with van der Waals surface area (Å²) in [6, 6.07) is 154. The molecule has 18 aromatic carbocycles. The lowest BCUT2D eigenvalue weighted by atomic mass is 9.30. The molecule has 0 atom stereocenters. The molecule has 0 saturated heterocycles. The number of hydrogen-bond acceptors (Lipinski definition) is 4. The standard InChI is InChI=1S/C112H77B2N5O/c1-112(2,3)79-67-101-106-102(68-79)118(109-83(74-38-14-6-15-39-74)51-32-52-84(109)75-40-16-7-17-41-75)100-70-81(116-97-58-30-25-49-89(97)90-50-26-31-59-98(90)116)62-65-92(100)114(106)108-103(117(101)94-55-27-22-46-82(94)73-36-12-5-13-37-73)71-104-107-111(108)120-105-66-78(72-34-10-4-11-35-72)60-63-93(105)113(107)91-64-61-80(115-95-56-28-23-47-87(95)88-48-24-29-57-96(88)115)69-99(91)119(104)110-85(76-42-18-8-19-43-76)53-33-54-86(110)77-44-20-9-21-45-77/h4-71H,1-3H3. The molecular formula is C112H77B2N5O. The Balaban J connectivity index is 0.891. The fourth-order valence-electron chi connectivity index (χ4n) is 20.4. The largest absolute Gasteiger partial charge is 0.459 e. The first-order chi connectivity index (χ1) is 59.2. The molecule has 0 unspecified atom stereocenters. The van der Waals surface area contributed by atoms with Crippen molar-refractivity contribution in [2.24, 2.45) is 0 Å². The van der Waals surface area contributed by atoms with Crippen molar-refractivity contribution in [1.82, 2.24) is 9.13 Å². The zero-order valence-electron chi connectivity index (χ0n) is 66.6. The van der Waals surface area contributed by atoms with Crippen LogP contribution >= 0.6 is 0 Å². The predicted octanol–water partition coefficient (Wildman–Crippen LogP) is 25.7. The first-order valence-corrected chi connectivity index (χ1v) is 41.8. The van der Waals surface area contributed by atoms with Crippen molar-refractivity contribution in [3.63, 3.8) is 0 Å². The van der Waals surface area contributed by atoms with Crippen LogP contribution in [-0.2, 0) is 5.41 Å². The van der Waals surface area contributed by atoms with Crippen LogP contribution in [0.4, 0.5) is 51.2 Å². The summed E-state index contributed by atoms with van der Waals surface area (Å²) in [4.78, 5) is 8.04. The molecule has 0 radical (unpaired) electrons. The predicted molar refractivity (Wildman–Crippen MR) is 506 cm³/mol. The Morgan fingerprint density at radius 2 is 0.575 bits per heavy atom. The normalized spacial score (nSPS) is 12.9. The third kappa shape index (κ3) is 10.6. The Morgan fingerprint density at radius 3 is 1.02 bits per heavy atom. The van der Waals surface area contributed by atoms with Gasteiger partial charge in [-0.25, -0.2) is 0 Å². The van der Waals surface area contributed by atoms with E-state index >= 15 is 0 Å². The third-order valence-electron chi connectivity index (χ3n) is 25.7. The zero-order chi connectivity index (χ0) is 79.4. The van der Waals surface area contributed by atoms with E-state index in [2.05, 4.69) is 457 Å². The number of para-hydroxylation sites is 7. The highest BCUT2D eigenvalue weighted by Crippen LogP contribution is 2.57. The average molecular weight is 1530 g/mol. The summed E-state index contributed by atoms with van der Waals surface area (Å²) in [6.45, 7) is 6.36.